The average Bonchev–Trinajstić information content (AvgIpc) is 3.26. The van der Waals surface area contributed by atoms with E-state index in [4.69, 9.17) is 0 Å². The molecule has 1 aliphatic heterocycles. The molecule has 2 fully saturated rings. The zero-order chi connectivity index (χ0) is 18.3. The summed E-state index contributed by atoms with van der Waals surface area (Å²) in [6.07, 6.45) is 2.29. The van der Waals surface area contributed by atoms with Gasteiger partial charge in [-0.05, 0) is 64.0 Å². The normalized spacial score (nSPS) is 24.9. The van der Waals surface area contributed by atoms with Gasteiger partial charge in [-0.1, -0.05) is 13.3 Å². The van der Waals surface area contributed by atoms with Gasteiger partial charge >= 0.3 is 6.18 Å². The van der Waals surface area contributed by atoms with E-state index in [-0.39, 0.29) is 24.0 Å². The first kappa shape index (κ1) is 23.8. The molecular formula is C18H34F3IN4. The number of alkyl halides is 3. The minimum Gasteiger partial charge on any atom is -0.357 e. The minimum absolute atomic E-state index is 0. The zero-order valence-corrected chi connectivity index (χ0v) is 18.3. The van der Waals surface area contributed by atoms with Gasteiger partial charge in [-0.15, -0.1) is 24.0 Å². The third-order valence-corrected chi connectivity index (χ3v) is 5.17. The number of guanidine groups is 1. The van der Waals surface area contributed by atoms with Crippen molar-refractivity contribution in [3.63, 3.8) is 0 Å². The zero-order valence-electron chi connectivity index (χ0n) is 15.9. The molecule has 2 N–H and O–H groups in total. The summed E-state index contributed by atoms with van der Waals surface area (Å²) in [5.41, 5.74) is 0. The molecule has 1 saturated carbocycles. The summed E-state index contributed by atoms with van der Waals surface area (Å²) in [7, 11) is 0. The molecule has 1 heterocycles. The van der Waals surface area contributed by atoms with E-state index in [0.29, 0.717) is 25.0 Å². The van der Waals surface area contributed by atoms with Gasteiger partial charge in [-0.3, -0.25) is 9.89 Å². The third-order valence-electron chi connectivity index (χ3n) is 5.17. The lowest BCUT2D eigenvalue weighted by atomic mass is 9.93. The van der Waals surface area contributed by atoms with Crippen LogP contribution in [0.1, 0.15) is 52.4 Å². The summed E-state index contributed by atoms with van der Waals surface area (Å²) in [5, 5.41) is 6.80. The van der Waals surface area contributed by atoms with Gasteiger partial charge in [0.25, 0.3) is 0 Å². The first-order valence-electron chi connectivity index (χ1n) is 9.75. The molecule has 0 spiro atoms. The Morgan fingerprint density at radius 3 is 2.42 bits per heavy atom. The van der Waals surface area contributed by atoms with Gasteiger partial charge < -0.3 is 10.6 Å². The molecule has 2 atom stereocenters. The fraction of sp³-hybridized carbons (Fsp3) is 0.944. The molecule has 154 valence electrons. The van der Waals surface area contributed by atoms with Crippen LogP contribution in [-0.2, 0) is 0 Å². The highest BCUT2D eigenvalue weighted by Gasteiger charge is 2.36. The van der Waals surface area contributed by atoms with Crippen molar-refractivity contribution in [3.8, 4) is 0 Å². The van der Waals surface area contributed by atoms with Crippen LogP contribution in [0.25, 0.3) is 0 Å². The fourth-order valence-electron chi connectivity index (χ4n) is 3.66. The van der Waals surface area contributed by atoms with Crippen molar-refractivity contribution in [3.05, 3.63) is 0 Å². The Morgan fingerprint density at radius 1 is 1.15 bits per heavy atom. The van der Waals surface area contributed by atoms with E-state index in [1.165, 1.54) is 24.2 Å². The summed E-state index contributed by atoms with van der Waals surface area (Å²) < 4.78 is 37.2. The number of likely N-dealkylation sites (tertiary alicyclic amines) is 1. The SMILES string of the molecule is CCCC1CC1NC(=NCCC1CCN(CC(F)(F)F)CC1)NCC.I. The van der Waals surface area contributed by atoms with E-state index >= 15 is 0 Å². The predicted octanol–water partition coefficient (Wildman–Crippen LogP) is 4.01. The number of hydrogen-bond donors (Lipinski definition) is 2. The molecule has 0 aromatic carbocycles. The molecule has 2 aliphatic rings. The van der Waals surface area contributed by atoms with Gasteiger partial charge in [0.1, 0.15) is 0 Å². The number of nitrogens with zero attached hydrogens (tertiary/aromatic N) is 2. The van der Waals surface area contributed by atoms with E-state index in [9.17, 15) is 13.2 Å². The van der Waals surface area contributed by atoms with Crippen molar-refractivity contribution in [2.45, 2.75) is 64.6 Å². The van der Waals surface area contributed by atoms with Crippen molar-refractivity contribution in [2.75, 3.05) is 32.7 Å². The summed E-state index contributed by atoms with van der Waals surface area (Å²) in [4.78, 5) is 6.18. The van der Waals surface area contributed by atoms with Crippen LogP contribution in [0.15, 0.2) is 4.99 Å². The molecule has 8 heteroatoms. The summed E-state index contributed by atoms with van der Waals surface area (Å²) in [5.74, 6) is 2.16. The monoisotopic (exact) mass is 490 g/mol. The summed E-state index contributed by atoms with van der Waals surface area (Å²) in [6, 6.07) is 0.559. The van der Waals surface area contributed by atoms with Crippen LogP contribution in [0.5, 0.6) is 0 Å². The van der Waals surface area contributed by atoms with Crippen molar-refractivity contribution >= 4 is 29.9 Å². The number of hydrogen-bond acceptors (Lipinski definition) is 2. The van der Waals surface area contributed by atoms with Gasteiger partial charge in [-0.2, -0.15) is 13.2 Å². The van der Waals surface area contributed by atoms with Crippen LogP contribution in [-0.4, -0.2) is 55.8 Å². The van der Waals surface area contributed by atoms with Gasteiger partial charge in [-0.25, -0.2) is 0 Å². The smallest absolute Gasteiger partial charge is 0.357 e. The van der Waals surface area contributed by atoms with Gasteiger partial charge in [0.15, 0.2) is 5.96 Å². The number of piperidine rings is 1. The Morgan fingerprint density at radius 2 is 1.85 bits per heavy atom. The standard InChI is InChI=1S/C18H33F3N4.HI/c1-3-5-15-12-16(15)24-17(22-4-2)23-9-6-14-7-10-25(11-8-14)13-18(19,20)21;/h14-16H,3-13H2,1-2H3,(H2,22,23,24);1H. The lowest BCUT2D eigenvalue weighted by Crippen LogP contribution is -2.40. The third kappa shape index (κ3) is 9.10. The fourth-order valence-corrected chi connectivity index (χ4v) is 3.66. The maximum Gasteiger partial charge on any atom is 0.401 e. The highest BCUT2D eigenvalue weighted by Crippen LogP contribution is 2.34. The van der Waals surface area contributed by atoms with Crippen molar-refractivity contribution in [1.82, 2.24) is 15.5 Å². The van der Waals surface area contributed by atoms with Gasteiger partial charge in [0.2, 0.25) is 0 Å². The molecule has 4 nitrogen and oxygen atoms in total. The molecule has 26 heavy (non-hydrogen) atoms. The Labute approximate surface area is 172 Å². The van der Waals surface area contributed by atoms with Crippen molar-refractivity contribution < 1.29 is 13.2 Å². The van der Waals surface area contributed by atoms with Crippen LogP contribution in [0.2, 0.25) is 0 Å². The summed E-state index contributed by atoms with van der Waals surface area (Å²) >= 11 is 0. The minimum atomic E-state index is -4.08. The molecule has 2 unspecified atom stereocenters. The highest BCUT2D eigenvalue weighted by atomic mass is 127. The van der Waals surface area contributed by atoms with E-state index < -0.39 is 12.7 Å². The van der Waals surface area contributed by atoms with Crippen LogP contribution < -0.4 is 10.6 Å². The van der Waals surface area contributed by atoms with Crippen molar-refractivity contribution in [2.24, 2.45) is 16.8 Å². The van der Waals surface area contributed by atoms with E-state index in [2.05, 4.69) is 29.5 Å². The molecule has 0 aromatic rings. The predicted molar refractivity (Wildman–Crippen MR) is 111 cm³/mol. The second kappa shape index (κ2) is 11.6. The number of nitrogens with one attached hydrogen (secondary N) is 2. The topological polar surface area (TPSA) is 39.7 Å². The Bertz CT molecular complexity index is 423. The quantitative estimate of drug-likeness (QED) is 0.307. The molecular weight excluding hydrogens is 456 g/mol. The second-order valence-electron chi connectivity index (χ2n) is 7.42. The van der Waals surface area contributed by atoms with Crippen molar-refractivity contribution in [1.29, 1.82) is 0 Å². The van der Waals surface area contributed by atoms with Gasteiger partial charge in [0, 0.05) is 19.1 Å². The largest absolute Gasteiger partial charge is 0.401 e. The highest BCUT2D eigenvalue weighted by molar-refractivity contribution is 14.0. The van der Waals surface area contributed by atoms with Crippen LogP contribution >= 0.6 is 24.0 Å². The Hall–Kier alpha value is -0.250. The maximum absolute atomic E-state index is 12.4. The van der Waals surface area contributed by atoms with Crippen LogP contribution in [0.3, 0.4) is 0 Å². The molecule has 0 aromatic heterocycles. The number of halogens is 4. The molecule has 0 bridgehead atoms. The lowest BCUT2D eigenvalue weighted by molar-refractivity contribution is -0.148. The van der Waals surface area contributed by atoms with Crippen LogP contribution in [0, 0.1) is 11.8 Å². The first-order chi connectivity index (χ1) is 11.9. The van der Waals surface area contributed by atoms with E-state index in [1.54, 1.807) is 0 Å². The number of rotatable bonds is 8. The van der Waals surface area contributed by atoms with E-state index in [1.807, 2.05) is 0 Å². The first-order valence-corrected chi connectivity index (χ1v) is 9.75. The number of aliphatic imine (C=N–C) groups is 1. The van der Waals surface area contributed by atoms with Gasteiger partial charge in [0.05, 0.1) is 6.54 Å². The molecule has 2 rings (SSSR count). The summed E-state index contributed by atoms with van der Waals surface area (Å²) in [6.45, 7) is 6.18. The molecule has 1 aliphatic carbocycles. The van der Waals surface area contributed by atoms with E-state index in [0.717, 1.165) is 44.2 Å². The maximum atomic E-state index is 12.4. The molecule has 0 radical (unpaired) electrons. The molecule has 1 saturated heterocycles. The average molecular weight is 490 g/mol. The lowest BCUT2D eigenvalue weighted by Gasteiger charge is -2.32. The second-order valence-corrected chi connectivity index (χ2v) is 7.42. The van der Waals surface area contributed by atoms with Crippen LogP contribution in [0.4, 0.5) is 13.2 Å². The molecule has 0 amide bonds. The Kier molecular flexibility index (Phi) is 10.6. The Balaban J connectivity index is 0.00000338.